The average Bonchev–Trinajstić information content (AvgIpc) is 2.63. The molecule has 1 aromatic carbocycles. The summed E-state index contributed by atoms with van der Waals surface area (Å²) in [5, 5.41) is 12.6. The number of anilines is 1. The summed E-state index contributed by atoms with van der Waals surface area (Å²) in [5.41, 5.74) is -0.0257. The number of halogens is 1. The van der Waals surface area contributed by atoms with E-state index in [1.54, 1.807) is 12.1 Å². The fourth-order valence-electron chi connectivity index (χ4n) is 3.43. The number of rotatable bonds is 4. The average molecular weight is 367 g/mol. The Labute approximate surface area is 152 Å². The lowest BCUT2D eigenvalue weighted by atomic mass is 9.89. The Bertz CT molecular complexity index is 652. The highest BCUT2D eigenvalue weighted by molar-refractivity contribution is 6.34. The number of aliphatic carboxylic acids is 1. The maximum Gasteiger partial charge on any atom is 0.329 e. The summed E-state index contributed by atoms with van der Waals surface area (Å²) < 4.78 is 5.24. The summed E-state index contributed by atoms with van der Waals surface area (Å²) in [6.07, 6.45) is 3.98. The molecule has 2 fully saturated rings. The molecule has 1 amide bonds. The van der Waals surface area contributed by atoms with Crippen LogP contribution in [0.15, 0.2) is 18.2 Å². The molecule has 25 heavy (non-hydrogen) atoms. The highest BCUT2D eigenvalue weighted by Gasteiger charge is 2.42. The Kier molecular flexibility index (Phi) is 5.49. The number of nitrogens with one attached hydrogen (secondary N) is 1. The van der Waals surface area contributed by atoms with Gasteiger partial charge < -0.3 is 20.1 Å². The zero-order valence-corrected chi connectivity index (χ0v) is 14.8. The van der Waals surface area contributed by atoms with Crippen molar-refractivity contribution in [1.82, 2.24) is 5.32 Å². The Hall–Kier alpha value is -1.79. The van der Waals surface area contributed by atoms with Gasteiger partial charge in [0.15, 0.2) is 0 Å². The van der Waals surface area contributed by atoms with E-state index in [0.29, 0.717) is 23.8 Å². The van der Waals surface area contributed by atoms with Crippen molar-refractivity contribution >= 4 is 29.2 Å². The van der Waals surface area contributed by atoms with Gasteiger partial charge in [0.1, 0.15) is 5.54 Å². The van der Waals surface area contributed by atoms with Crippen LogP contribution in [0.4, 0.5) is 5.69 Å². The number of ether oxygens (including phenoxy) is 1. The number of amides is 1. The summed E-state index contributed by atoms with van der Waals surface area (Å²) in [5.74, 6) is -1.49. The fourth-order valence-corrected chi connectivity index (χ4v) is 3.64. The molecule has 0 bridgehead atoms. The molecule has 0 spiro atoms. The lowest BCUT2D eigenvalue weighted by molar-refractivity contribution is -0.148. The van der Waals surface area contributed by atoms with E-state index in [0.717, 1.165) is 31.6 Å². The van der Waals surface area contributed by atoms with E-state index < -0.39 is 17.4 Å². The molecule has 2 aliphatic rings. The monoisotopic (exact) mass is 366 g/mol. The van der Waals surface area contributed by atoms with Crippen molar-refractivity contribution < 1.29 is 19.4 Å². The predicted octanol–water partition coefficient (Wildman–Crippen LogP) is 2.69. The first-order chi connectivity index (χ1) is 12.0. The van der Waals surface area contributed by atoms with E-state index in [2.05, 4.69) is 10.2 Å². The third kappa shape index (κ3) is 3.90. The van der Waals surface area contributed by atoms with Crippen molar-refractivity contribution in [2.24, 2.45) is 0 Å². The molecule has 2 aliphatic heterocycles. The molecule has 7 heteroatoms. The normalized spacial score (nSPS) is 20.1. The van der Waals surface area contributed by atoms with Gasteiger partial charge in [-0.25, -0.2) is 4.79 Å². The second-order valence-electron chi connectivity index (χ2n) is 6.67. The van der Waals surface area contributed by atoms with Crippen molar-refractivity contribution in [3.05, 3.63) is 28.8 Å². The van der Waals surface area contributed by atoms with E-state index >= 15 is 0 Å². The molecule has 3 rings (SSSR count). The smallest absolute Gasteiger partial charge is 0.329 e. The summed E-state index contributed by atoms with van der Waals surface area (Å²) in [6.45, 7) is 2.54. The minimum atomic E-state index is -1.29. The molecule has 1 aromatic rings. The van der Waals surface area contributed by atoms with Gasteiger partial charge in [0.05, 0.1) is 10.6 Å². The van der Waals surface area contributed by atoms with Crippen LogP contribution in [0.25, 0.3) is 0 Å². The van der Waals surface area contributed by atoms with Gasteiger partial charge in [-0.15, -0.1) is 0 Å². The molecule has 0 saturated carbocycles. The van der Waals surface area contributed by atoms with Crippen LogP contribution < -0.4 is 10.2 Å². The summed E-state index contributed by atoms with van der Waals surface area (Å²) in [6, 6.07) is 5.38. The lowest BCUT2D eigenvalue weighted by Crippen LogP contribution is -2.57. The van der Waals surface area contributed by atoms with Crippen LogP contribution in [0.3, 0.4) is 0 Å². The van der Waals surface area contributed by atoms with Crippen LogP contribution in [-0.2, 0) is 9.53 Å². The number of carbonyl (C=O) groups excluding carboxylic acids is 1. The number of benzene rings is 1. The first kappa shape index (κ1) is 18.0. The SMILES string of the molecule is O=C(NC1(C(=O)O)CCOCC1)c1cc(N2CCCCC2)ccc1Cl. The summed E-state index contributed by atoms with van der Waals surface area (Å²) in [4.78, 5) is 26.7. The van der Waals surface area contributed by atoms with Crippen LogP contribution in [0.5, 0.6) is 0 Å². The highest BCUT2D eigenvalue weighted by atomic mass is 35.5. The number of carbonyl (C=O) groups is 2. The zero-order valence-electron chi connectivity index (χ0n) is 14.1. The van der Waals surface area contributed by atoms with Crippen LogP contribution in [0, 0.1) is 0 Å². The number of carboxylic acid groups (broad SMARTS) is 1. The lowest BCUT2D eigenvalue weighted by Gasteiger charge is -2.34. The van der Waals surface area contributed by atoms with Crippen LogP contribution in [0.1, 0.15) is 42.5 Å². The quantitative estimate of drug-likeness (QED) is 0.856. The van der Waals surface area contributed by atoms with Gasteiger partial charge in [0.2, 0.25) is 0 Å². The molecule has 2 heterocycles. The molecule has 0 unspecified atom stereocenters. The van der Waals surface area contributed by atoms with E-state index in [1.165, 1.54) is 6.42 Å². The van der Waals surface area contributed by atoms with Gasteiger partial charge in [0, 0.05) is 44.8 Å². The second kappa shape index (κ2) is 7.62. The van der Waals surface area contributed by atoms with Crippen molar-refractivity contribution in [3.8, 4) is 0 Å². The van der Waals surface area contributed by atoms with Gasteiger partial charge in [0.25, 0.3) is 5.91 Å². The van der Waals surface area contributed by atoms with Crippen LogP contribution >= 0.6 is 11.6 Å². The minimum absolute atomic E-state index is 0.248. The topological polar surface area (TPSA) is 78.9 Å². The van der Waals surface area contributed by atoms with Gasteiger partial charge >= 0.3 is 5.97 Å². The zero-order chi connectivity index (χ0) is 17.9. The molecule has 0 aliphatic carbocycles. The highest BCUT2D eigenvalue weighted by Crippen LogP contribution is 2.27. The first-order valence-corrected chi connectivity index (χ1v) is 9.08. The van der Waals surface area contributed by atoms with Crippen LogP contribution in [-0.4, -0.2) is 48.8 Å². The summed E-state index contributed by atoms with van der Waals surface area (Å²) >= 11 is 6.22. The molecule has 0 radical (unpaired) electrons. The molecule has 0 atom stereocenters. The minimum Gasteiger partial charge on any atom is -0.480 e. The van der Waals surface area contributed by atoms with Gasteiger partial charge in [-0.1, -0.05) is 11.6 Å². The number of nitrogens with zero attached hydrogens (tertiary/aromatic N) is 1. The van der Waals surface area contributed by atoms with E-state index in [-0.39, 0.29) is 12.8 Å². The molecular weight excluding hydrogens is 344 g/mol. The largest absolute Gasteiger partial charge is 0.480 e. The fraction of sp³-hybridized carbons (Fsp3) is 0.556. The first-order valence-electron chi connectivity index (χ1n) is 8.70. The summed E-state index contributed by atoms with van der Waals surface area (Å²) in [7, 11) is 0. The molecule has 136 valence electrons. The molecule has 2 N–H and O–H groups in total. The van der Waals surface area contributed by atoms with Crippen molar-refractivity contribution in [1.29, 1.82) is 0 Å². The Morgan fingerprint density at radius 1 is 1.16 bits per heavy atom. The van der Waals surface area contributed by atoms with E-state index in [1.807, 2.05) is 6.07 Å². The Morgan fingerprint density at radius 2 is 1.84 bits per heavy atom. The Morgan fingerprint density at radius 3 is 2.48 bits per heavy atom. The molecular formula is C18H23ClN2O4. The van der Waals surface area contributed by atoms with Crippen molar-refractivity contribution in [3.63, 3.8) is 0 Å². The van der Waals surface area contributed by atoms with E-state index in [4.69, 9.17) is 16.3 Å². The van der Waals surface area contributed by atoms with Crippen molar-refractivity contribution in [2.75, 3.05) is 31.2 Å². The number of piperidine rings is 1. The van der Waals surface area contributed by atoms with Crippen LogP contribution in [0.2, 0.25) is 5.02 Å². The molecule has 2 saturated heterocycles. The maximum absolute atomic E-state index is 12.8. The Balaban J connectivity index is 1.82. The second-order valence-corrected chi connectivity index (χ2v) is 7.07. The standard InChI is InChI=1S/C18H23ClN2O4/c19-15-5-4-13(21-8-2-1-3-9-21)12-14(15)16(22)20-18(17(23)24)6-10-25-11-7-18/h4-5,12H,1-3,6-11H2,(H,20,22)(H,23,24). The third-order valence-corrected chi connectivity index (χ3v) is 5.35. The number of carboxylic acids is 1. The molecule has 0 aromatic heterocycles. The number of hydrogen-bond acceptors (Lipinski definition) is 4. The van der Waals surface area contributed by atoms with E-state index in [9.17, 15) is 14.7 Å². The molecule has 6 nitrogen and oxygen atoms in total. The third-order valence-electron chi connectivity index (χ3n) is 5.02. The number of hydrogen-bond donors (Lipinski definition) is 2. The maximum atomic E-state index is 12.8. The van der Waals surface area contributed by atoms with Gasteiger partial charge in [-0.05, 0) is 37.5 Å². The predicted molar refractivity (Wildman–Crippen MR) is 95.4 cm³/mol. The van der Waals surface area contributed by atoms with Gasteiger partial charge in [-0.3, -0.25) is 4.79 Å². The van der Waals surface area contributed by atoms with Crippen molar-refractivity contribution in [2.45, 2.75) is 37.6 Å². The van der Waals surface area contributed by atoms with Gasteiger partial charge in [-0.2, -0.15) is 0 Å².